The average molecular weight is 526 g/mol. The molecule has 138 valence electrons. The number of hydrogen-bond acceptors (Lipinski definition) is 5. The van der Waals surface area contributed by atoms with Gasteiger partial charge in [-0.2, -0.15) is 13.5 Å². The summed E-state index contributed by atoms with van der Waals surface area (Å²) in [6.45, 7) is 0. The van der Waals surface area contributed by atoms with Crippen LogP contribution in [0.25, 0.3) is 0 Å². The van der Waals surface area contributed by atoms with Crippen molar-refractivity contribution in [2.75, 3.05) is 0 Å². The van der Waals surface area contributed by atoms with Gasteiger partial charge in [-0.25, -0.2) is 0 Å². The second-order valence-corrected chi connectivity index (χ2v) is 4.24. The third kappa shape index (κ3) is 52700. The molecule has 0 aromatic heterocycles. The number of hydrogen-bond donors (Lipinski definition) is 10. The van der Waals surface area contributed by atoms with Crippen molar-refractivity contribution in [3.8, 4) is 0 Å². The van der Waals surface area contributed by atoms with Crippen LogP contribution in [0.2, 0.25) is 0 Å². The minimum Gasteiger partial charge on any atom is -0.511 e. The molecule has 0 bridgehead atoms. The zero-order chi connectivity index (χ0) is 17.9. The Morgan fingerprint density at radius 3 is 0.348 bits per heavy atom. The summed E-state index contributed by atoms with van der Waals surface area (Å²) >= 11 is 0. The first-order valence-corrected chi connectivity index (χ1v) is 9.77. The first kappa shape index (κ1) is 49.5. The van der Waals surface area contributed by atoms with E-state index >= 15 is 0 Å². The number of rotatable bonds is 0. The third-order valence-corrected chi connectivity index (χ3v) is 0. The van der Waals surface area contributed by atoms with Crippen molar-refractivity contribution in [1.82, 2.24) is 0 Å². The maximum absolute atomic E-state index is 8.74. The van der Waals surface area contributed by atoms with Gasteiger partial charge in [-0.15, -0.1) is 0 Å². The molecule has 15 nitrogen and oxygen atoms in total. The van der Waals surface area contributed by atoms with Crippen molar-refractivity contribution in [3.05, 3.63) is 0 Å². The molecule has 23 heavy (non-hydrogen) atoms. The molecule has 0 spiro atoms. The van der Waals surface area contributed by atoms with Gasteiger partial charge in [0.1, 0.15) is 0 Å². The Hall–Kier alpha value is -0.397. The normalized spacial score (nSPS) is 5.22. The summed E-state index contributed by atoms with van der Waals surface area (Å²) in [7, 11) is -15.6. The SMILES string of the molecule is O=[Si](O)O.O=[Si](O)O.O=[Si](O)O.O=[Si](O)O.O=[Si](O)O.S.[V].[V]. The second kappa shape index (κ2) is 43.0. The smallest absolute Gasteiger partial charge is 0.511 e. The topological polar surface area (TPSA) is 288 Å². The molecule has 2 radical (unpaired) electrons. The summed E-state index contributed by atoms with van der Waals surface area (Å²) in [6, 6.07) is 0. The van der Waals surface area contributed by atoms with Crippen LogP contribution in [0.15, 0.2) is 0 Å². The van der Waals surface area contributed by atoms with Crippen molar-refractivity contribution in [2.24, 2.45) is 0 Å². The van der Waals surface area contributed by atoms with Crippen LogP contribution in [0, 0.1) is 0 Å². The largest absolute Gasteiger partial charge is 0.761 e. The summed E-state index contributed by atoms with van der Waals surface area (Å²) in [5, 5.41) is 0. The van der Waals surface area contributed by atoms with Crippen molar-refractivity contribution >= 4 is 59.3 Å². The van der Waals surface area contributed by atoms with Gasteiger partial charge < -0.3 is 48.0 Å². The van der Waals surface area contributed by atoms with E-state index in [1.54, 1.807) is 0 Å². The molecule has 0 fully saturated rings. The summed E-state index contributed by atoms with van der Waals surface area (Å²) in [6.07, 6.45) is 0. The van der Waals surface area contributed by atoms with E-state index < -0.39 is 45.9 Å². The summed E-state index contributed by atoms with van der Waals surface area (Å²) in [5.41, 5.74) is 0. The van der Waals surface area contributed by atoms with Gasteiger partial charge in [-0.1, -0.05) is 0 Å². The van der Waals surface area contributed by atoms with Gasteiger partial charge >= 0.3 is 45.9 Å². The molecule has 0 saturated carbocycles. The van der Waals surface area contributed by atoms with Crippen LogP contribution in [-0.2, 0) is 59.4 Å². The van der Waals surface area contributed by atoms with Crippen LogP contribution in [0.5, 0.6) is 0 Å². The van der Waals surface area contributed by atoms with E-state index in [4.69, 9.17) is 70.3 Å². The molecule has 0 atom stereocenters. The fraction of sp³-hybridized carbons (Fsp3) is 0. The maximum Gasteiger partial charge on any atom is 0.761 e. The minimum absolute atomic E-state index is 0. The zero-order valence-electron chi connectivity index (χ0n) is 10.4. The molecular formula is H12O15SSi5V2. The van der Waals surface area contributed by atoms with Gasteiger partial charge in [0.2, 0.25) is 0 Å². The van der Waals surface area contributed by atoms with Gasteiger partial charge in [0, 0.05) is 37.1 Å². The third-order valence-electron chi connectivity index (χ3n) is 0. The Bertz CT molecular complexity index is 217. The van der Waals surface area contributed by atoms with Crippen LogP contribution in [0.3, 0.4) is 0 Å². The van der Waals surface area contributed by atoms with Crippen molar-refractivity contribution < 1.29 is 107 Å². The first-order valence-electron chi connectivity index (χ1n) is 3.26. The molecule has 10 N–H and O–H groups in total. The van der Waals surface area contributed by atoms with Crippen LogP contribution >= 0.6 is 13.5 Å². The van der Waals surface area contributed by atoms with Crippen LogP contribution in [-0.4, -0.2) is 93.8 Å². The maximum atomic E-state index is 8.74. The molecule has 0 heterocycles. The van der Waals surface area contributed by atoms with Crippen LogP contribution in [0.4, 0.5) is 0 Å². The van der Waals surface area contributed by atoms with Crippen molar-refractivity contribution in [1.29, 1.82) is 0 Å². The van der Waals surface area contributed by atoms with Crippen LogP contribution < -0.4 is 0 Å². The Morgan fingerprint density at radius 2 is 0.348 bits per heavy atom. The van der Waals surface area contributed by atoms with E-state index in [1.807, 2.05) is 0 Å². The Morgan fingerprint density at radius 1 is 0.348 bits per heavy atom. The Labute approximate surface area is 166 Å². The van der Waals surface area contributed by atoms with Crippen molar-refractivity contribution in [2.45, 2.75) is 0 Å². The predicted octanol–water partition coefficient (Wildman–Crippen LogP) is -7.96. The molecular weight excluding hydrogens is 514 g/mol. The quantitative estimate of drug-likeness (QED) is 0.131. The summed E-state index contributed by atoms with van der Waals surface area (Å²) in [4.78, 5) is 71.6. The van der Waals surface area contributed by atoms with Gasteiger partial charge in [-0.05, 0) is 0 Å². The fourth-order valence-corrected chi connectivity index (χ4v) is 0. The molecule has 0 aromatic carbocycles. The Kier molecular flexibility index (Phi) is 92.5. The van der Waals surface area contributed by atoms with E-state index in [1.165, 1.54) is 0 Å². The molecule has 23 heteroatoms. The molecule has 0 amide bonds. The first-order chi connectivity index (χ1) is 8.66. The van der Waals surface area contributed by atoms with Gasteiger partial charge in [0.25, 0.3) is 0 Å². The average Bonchev–Trinajstić information content (AvgIpc) is 1.94. The van der Waals surface area contributed by atoms with Crippen molar-refractivity contribution in [3.63, 3.8) is 0 Å². The van der Waals surface area contributed by atoms with Crippen LogP contribution in [0.1, 0.15) is 0 Å². The van der Waals surface area contributed by atoms with E-state index in [2.05, 4.69) is 0 Å². The van der Waals surface area contributed by atoms with E-state index in [-0.39, 0.29) is 50.6 Å². The fourth-order valence-electron chi connectivity index (χ4n) is 0. The zero-order valence-corrected chi connectivity index (χ0v) is 19.2. The monoisotopic (exact) mass is 526 g/mol. The molecule has 0 unspecified atom stereocenters. The molecule has 0 aliphatic heterocycles. The standard InChI is InChI=1S/5H2O3Si.H2S.2V/c5*1-4(2)3;;;/h5*1-2H;1H2;;. The van der Waals surface area contributed by atoms with E-state index in [0.29, 0.717) is 0 Å². The van der Waals surface area contributed by atoms with Gasteiger partial charge in [0.05, 0.1) is 0 Å². The second-order valence-electron chi connectivity index (χ2n) is 1.41. The summed E-state index contributed by atoms with van der Waals surface area (Å²) in [5.74, 6) is 0. The molecule has 0 rings (SSSR count). The molecule has 0 saturated heterocycles. The minimum atomic E-state index is -3.13. The van der Waals surface area contributed by atoms with E-state index in [9.17, 15) is 0 Å². The van der Waals surface area contributed by atoms with E-state index in [0.717, 1.165) is 0 Å². The predicted molar refractivity (Wildman–Crippen MR) is 64.8 cm³/mol. The summed E-state index contributed by atoms with van der Waals surface area (Å²) < 4.78 is 43.7. The molecule has 0 aromatic rings. The molecule has 0 aliphatic rings. The van der Waals surface area contributed by atoms with Gasteiger partial charge in [-0.3, -0.25) is 22.3 Å². The molecule has 0 aliphatic carbocycles. The van der Waals surface area contributed by atoms with Gasteiger partial charge in [0.15, 0.2) is 0 Å². The Balaban J connectivity index is -0.0000000197.